The van der Waals surface area contributed by atoms with Gasteiger partial charge in [-0.1, -0.05) is 18.2 Å². The first-order chi connectivity index (χ1) is 16.4. The summed E-state index contributed by atoms with van der Waals surface area (Å²) < 4.78 is 27.6. The summed E-state index contributed by atoms with van der Waals surface area (Å²) in [5.74, 6) is 1.57. The van der Waals surface area contributed by atoms with E-state index in [0.717, 1.165) is 5.56 Å². The summed E-state index contributed by atoms with van der Waals surface area (Å²) in [7, 11) is 3.00. The Hall–Kier alpha value is -4.26. The molecular weight excluding hydrogens is 436 g/mol. The fourth-order valence-corrected chi connectivity index (χ4v) is 3.59. The Morgan fingerprint density at radius 3 is 2.35 bits per heavy atom. The van der Waals surface area contributed by atoms with E-state index in [0.29, 0.717) is 40.7 Å². The van der Waals surface area contributed by atoms with Gasteiger partial charge < -0.3 is 23.7 Å². The Morgan fingerprint density at radius 2 is 1.68 bits per heavy atom. The van der Waals surface area contributed by atoms with Crippen LogP contribution in [0.1, 0.15) is 38.8 Å². The van der Waals surface area contributed by atoms with Gasteiger partial charge >= 0.3 is 5.97 Å². The van der Waals surface area contributed by atoms with Gasteiger partial charge in [-0.05, 0) is 50.3 Å². The minimum absolute atomic E-state index is 0.172. The maximum absolute atomic E-state index is 12.9. The van der Waals surface area contributed by atoms with E-state index in [9.17, 15) is 9.59 Å². The molecule has 3 aromatic rings. The molecule has 34 heavy (non-hydrogen) atoms. The fourth-order valence-electron chi connectivity index (χ4n) is 3.59. The number of ketones is 1. The zero-order chi connectivity index (χ0) is 24.2. The third-order valence-corrected chi connectivity index (χ3v) is 5.33. The predicted octanol–water partition coefficient (Wildman–Crippen LogP) is 5.25. The lowest BCUT2D eigenvalue weighted by Crippen LogP contribution is -2.10. The van der Waals surface area contributed by atoms with Crippen LogP contribution in [0.5, 0.6) is 28.7 Å². The van der Waals surface area contributed by atoms with Gasteiger partial charge in [-0.2, -0.15) is 0 Å². The highest BCUT2D eigenvalue weighted by atomic mass is 16.5. The quantitative estimate of drug-likeness (QED) is 0.271. The molecular formula is C27H24O7. The number of rotatable bonds is 7. The lowest BCUT2D eigenvalue weighted by molar-refractivity contribution is 0.0732. The van der Waals surface area contributed by atoms with Crippen LogP contribution >= 0.6 is 0 Å². The Morgan fingerprint density at radius 1 is 0.971 bits per heavy atom. The highest BCUT2D eigenvalue weighted by Gasteiger charge is 2.31. The van der Waals surface area contributed by atoms with Gasteiger partial charge in [-0.25, -0.2) is 4.79 Å². The Labute approximate surface area is 197 Å². The van der Waals surface area contributed by atoms with E-state index in [-0.39, 0.29) is 22.9 Å². The van der Waals surface area contributed by atoms with Crippen molar-refractivity contribution in [3.8, 4) is 28.7 Å². The molecule has 1 heterocycles. The average molecular weight is 460 g/mol. The molecule has 0 bridgehead atoms. The first-order valence-corrected chi connectivity index (χ1v) is 10.7. The number of allylic oxidation sites excluding steroid dienone is 1. The molecule has 0 N–H and O–H groups in total. The number of para-hydroxylation sites is 1. The molecule has 0 spiro atoms. The summed E-state index contributed by atoms with van der Waals surface area (Å²) in [6.07, 6.45) is 1.65. The third kappa shape index (κ3) is 4.45. The molecule has 3 aromatic carbocycles. The van der Waals surface area contributed by atoms with E-state index in [1.807, 2.05) is 31.2 Å². The highest BCUT2D eigenvalue weighted by Crippen LogP contribution is 2.40. The van der Waals surface area contributed by atoms with Crippen LogP contribution in [0.2, 0.25) is 0 Å². The summed E-state index contributed by atoms with van der Waals surface area (Å²) in [6.45, 7) is 4.13. The van der Waals surface area contributed by atoms with Crippen LogP contribution < -0.4 is 23.7 Å². The minimum atomic E-state index is -0.592. The molecule has 0 aromatic heterocycles. The molecule has 7 nitrogen and oxygen atoms in total. The number of carbonyl (C=O) groups excluding carboxylic acids is 2. The van der Waals surface area contributed by atoms with Gasteiger partial charge in [0.2, 0.25) is 5.78 Å². The van der Waals surface area contributed by atoms with E-state index < -0.39 is 5.97 Å². The number of benzene rings is 3. The van der Waals surface area contributed by atoms with Crippen molar-refractivity contribution >= 4 is 17.8 Å². The molecule has 0 unspecified atom stereocenters. The van der Waals surface area contributed by atoms with Crippen molar-refractivity contribution in [3.05, 3.63) is 82.6 Å². The normalized spacial score (nSPS) is 13.3. The summed E-state index contributed by atoms with van der Waals surface area (Å²) >= 11 is 0. The third-order valence-electron chi connectivity index (χ3n) is 5.33. The van der Waals surface area contributed by atoms with Crippen molar-refractivity contribution in [1.29, 1.82) is 0 Å². The molecule has 0 saturated heterocycles. The van der Waals surface area contributed by atoms with Crippen LogP contribution in [-0.2, 0) is 0 Å². The zero-order valence-electron chi connectivity index (χ0n) is 19.3. The lowest BCUT2D eigenvalue weighted by atomic mass is 10.1. The van der Waals surface area contributed by atoms with Gasteiger partial charge in [-0.15, -0.1) is 0 Å². The SMILES string of the molecule is CCOc1ccccc1/C=C1\Oc2c(ccc(OC(=O)c3cc(OC)cc(OC)c3)c2C)C1=O. The fraction of sp³-hybridized carbons (Fsp3) is 0.185. The number of hydrogen-bond acceptors (Lipinski definition) is 7. The molecule has 7 heteroatoms. The standard InChI is InChI=1S/C27H24O7/c1-5-32-23-9-7-6-8-17(23)14-24-25(28)21-10-11-22(16(2)26(21)33-24)34-27(29)18-12-19(30-3)15-20(13-18)31-4/h6-15H,5H2,1-4H3/b24-14-. The molecule has 0 fully saturated rings. The van der Waals surface area contributed by atoms with Gasteiger partial charge in [-0.3, -0.25) is 4.79 Å². The molecule has 1 aliphatic heterocycles. The van der Waals surface area contributed by atoms with Gasteiger partial charge in [0.25, 0.3) is 0 Å². The first kappa shape index (κ1) is 22.9. The summed E-state index contributed by atoms with van der Waals surface area (Å²) in [4.78, 5) is 25.8. The van der Waals surface area contributed by atoms with Crippen molar-refractivity contribution in [3.63, 3.8) is 0 Å². The number of fused-ring (bicyclic) bond motifs is 1. The smallest absolute Gasteiger partial charge is 0.343 e. The number of esters is 1. The number of ether oxygens (including phenoxy) is 5. The second-order valence-corrected chi connectivity index (χ2v) is 7.47. The molecule has 4 rings (SSSR count). The first-order valence-electron chi connectivity index (χ1n) is 10.7. The maximum atomic E-state index is 12.9. The van der Waals surface area contributed by atoms with E-state index in [4.69, 9.17) is 23.7 Å². The minimum Gasteiger partial charge on any atom is -0.497 e. The van der Waals surface area contributed by atoms with Gasteiger partial charge in [0.15, 0.2) is 5.76 Å². The van der Waals surface area contributed by atoms with Gasteiger partial charge in [0.1, 0.15) is 28.7 Å². The summed E-state index contributed by atoms with van der Waals surface area (Å²) in [6, 6.07) is 15.4. The number of methoxy groups -OCH3 is 2. The molecule has 174 valence electrons. The van der Waals surface area contributed by atoms with Crippen LogP contribution in [0.15, 0.2) is 60.4 Å². The lowest BCUT2D eigenvalue weighted by Gasteiger charge is -2.11. The van der Waals surface area contributed by atoms with Crippen LogP contribution in [0, 0.1) is 6.92 Å². The van der Waals surface area contributed by atoms with Crippen LogP contribution in [-0.4, -0.2) is 32.6 Å². The molecule has 0 atom stereocenters. The van der Waals surface area contributed by atoms with E-state index in [1.165, 1.54) is 14.2 Å². The van der Waals surface area contributed by atoms with Crippen LogP contribution in [0.25, 0.3) is 6.08 Å². The Balaban J connectivity index is 1.61. The second-order valence-electron chi connectivity index (χ2n) is 7.47. The van der Waals surface area contributed by atoms with Crippen LogP contribution in [0.4, 0.5) is 0 Å². The number of hydrogen-bond donors (Lipinski definition) is 0. The van der Waals surface area contributed by atoms with E-state index in [2.05, 4.69) is 0 Å². The summed E-state index contributed by atoms with van der Waals surface area (Å²) in [5, 5.41) is 0. The van der Waals surface area contributed by atoms with Crippen molar-refractivity contribution in [1.82, 2.24) is 0 Å². The molecule has 1 aliphatic rings. The monoisotopic (exact) mass is 460 g/mol. The largest absolute Gasteiger partial charge is 0.497 e. The predicted molar refractivity (Wildman–Crippen MR) is 126 cm³/mol. The van der Waals surface area contributed by atoms with E-state index >= 15 is 0 Å². The molecule has 0 amide bonds. The number of Topliss-reactive ketones (excluding diaryl/α,β-unsaturated/α-hetero) is 1. The topological polar surface area (TPSA) is 80.3 Å². The average Bonchev–Trinajstić information content (AvgIpc) is 3.17. The number of carbonyl (C=O) groups is 2. The molecule has 0 aliphatic carbocycles. The van der Waals surface area contributed by atoms with Crippen molar-refractivity contribution in [2.75, 3.05) is 20.8 Å². The highest BCUT2D eigenvalue weighted by molar-refractivity contribution is 6.15. The zero-order valence-corrected chi connectivity index (χ0v) is 19.3. The second kappa shape index (κ2) is 9.70. The van der Waals surface area contributed by atoms with Crippen molar-refractivity contribution in [2.24, 2.45) is 0 Å². The summed E-state index contributed by atoms with van der Waals surface area (Å²) in [5.41, 5.74) is 1.94. The Kier molecular flexibility index (Phi) is 6.54. The van der Waals surface area contributed by atoms with Gasteiger partial charge in [0.05, 0.1) is 32.0 Å². The molecule has 0 saturated carbocycles. The molecule has 0 radical (unpaired) electrons. The van der Waals surface area contributed by atoms with Gasteiger partial charge in [0, 0.05) is 17.2 Å². The van der Waals surface area contributed by atoms with Crippen molar-refractivity contribution < 1.29 is 33.3 Å². The maximum Gasteiger partial charge on any atom is 0.343 e. The Bertz CT molecular complexity index is 1270. The van der Waals surface area contributed by atoms with Crippen molar-refractivity contribution in [2.45, 2.75) is 13.8 Å². The van der Waals surface area contributed by atoms with E-state index in [1.54, 1.807) is 43.3 Å². The van der Waals surface area contributed by atoms with Crippen LogP contribution in [0.3, 0.4) is 0 Å².